The van der Waals surface area contributed by atoms with Crippen LogP contribution in [0.25, 0.3) is 0 Å². The van der Waals surface area contributed by atoms with Crippen molar-refractivity contribution in [3.05, 3.63) is 0 Å². The molecule has 0 bridgehead atoms. The van der Waals surface area contributed by atoms with Crippen LogP contribution in [0.3, 0.4) is 0 Å². The van der Waals surface area contributed by atoms with E-state index in [1.54, 1.807) is 0 Å². The summed E-state index contributed by atoms with van der Waals surface area (Å²) in [6, 6.07) is 0.681. The van der Waals surface area contributed by atoms with Crippen molar-refractivity contribution >= 4 is 0 Å². The van der Waals surface area contributed by atoms with Gasteiger partial charge in [-0.15, -0.1) is 0 Å². The molecule has 1 unspecified atom stereocenters. The maximum atomic E-state index is 2.47. The Kier molecular flexibility index (Phi) is 5.51. The zero-order valence-electron chi connectivity index (χ0n) is 8.59. The largest absolute Gasteiger partial charge is 0.308 e. The fourth-order valence-corrected chi connectivity index (χ4v) is 1.49. The molecule has 0 saturated heterocycles. The summed E-state index contributed by atoms with van der Waals surface area (Å²) >= 11 is 0. The Morgan fingerprint density at radius 3 is 1.82 bits per heavy atom. The minimum atomic E-state index is 0.681. The average molecular weight is 158 g/mol. The quantitative estimate of drug-likeness (QED) is 0.594. The molecule has 11 heavy (non-hydrogen) atoms. The zero-order chi connectivity index (χ0) is 8.85. The van der Waals surface area contributed by atoms with E-state index in [0.717, 1.165) is 19.6 Å². The lowest BCUT2D eigenvalue weighted by molar-refractivity contribution is 0.190. The van der Waals surface area contributed by atoms with E-state index in [2.05, 4.69) is 44.7 Å². The van der Waals surface area contributed by atoms with Gasteiger partial charge in [-0.25, -0.2) is 0 Å². The highest BCUT2D eigenvalue weighted by Crippen LogP contribution is 1.98. The lowest BCUT2D eigenvalue weighted by Crippen LogP contribution is -2.39. The van der Waals surface area contributed by atoms with Gasteiger partial charge in [-0.3, -0.25) is 4.90 Å². The first-order valence-electron chi connectivity index (χ1n) is 4.50. The third kappa shape index (κ3) is 4.38. The van der Waals surface area contributed by atoms with Gasteiger partial charge in [0.05, 0.1) is 0 Å². The van der Waals surface area contributed by atoms with E-state index in [0.29, 0.717) is 6.04 Å². The summed E-state index contributed by atoms with van der Waals surface area (Å²) in [6.45, 7) is 10.2. The Hall–Kier alpha value is -0.0800. The standard InChI is InChI=1S/C9H22N2/c1-6-11(7-2)9(3)8-10(4)5/h9H,6-8H2,1-5H3. The summed E-state index contributed by atoms with van der Waals surface area (Å²) in [5, 5.41) is 0. The molecular formula is C9H22N2. The second-order valence-corrected chi connectivity index (χ2v) is 3.33. The monoisotopic (exact) mass is 158 g/mol. The summed E-state index contributed by atoms with van der Waals surface area (Å²) in [4.78, 5) is 4.71. The van der Waals surface area contributed by atoms with Crippen LogP contribution in [0.15, 0.2) is 0 Å². The van der Waals surface area contributed by atoms with Crippen molar-refractivity contribution in [3.63, 3.8) is 0 Å². The number of hydrogen-bond donors (Lipinski definition) is 0. The third-order valence-corrected chi connectivity index (χ3v) is 2.07. The molecule has 0 aliphatic rings. The van der Waals surface area contributed by atoms with Crippen molar-refractivity contribution < 1.29 is 0 Å². The van der Waals surface area contributed by atoms with Gasteiger partial charge in [0.15, 0.2) is 0 Å². The molecule has 2 nitrogen and oxygen atoms in total. The van der Waals surface area contributed by atoms with Crippen molar-refractivity contribution in [1.82, 2.24) is 9.80 Å². The van der Waals surface area contributed by atoms with Gasteiger partial charge in [0, 0.05) is 12.6 Å². The van der Waals surface area contributed by atoms with Gasteiger partial charge >= 0.3 is 0 Å². The summed E-state index contributed by atoms with van der Waals surface area (Å²) in [6.07, 6.45) is 0. The molecule has 0 saturated carbocycles. The lowest BCUT2D eigenvalue weighted by Gasteiger charge is -2.28. The van der Waals surface area contributed by atoms with Gasteiger partial charge in [0.2, 0.25) is 0 Å². The molecule has 1 atom stereocenters. The molecule has 0 aromatic carbocycles. The van der Waals surface area contributed by atoms with Gasteiger partial charge in [-0.1, -0.05) is 13.8 Å². The Morgan fingerprint density at radius 2 is 1.55 bits per heavy atom. The van der Waals surface area contributed by atoms with Gasteiger partial charge in [-0.05, 0) is 34.1 Å². The molecular weight excluding hydrogens is 136 g/mol. The van der Waals surface area contributed by atoms with Crippen molar-refractivity contribution in [2.75, 3.05) is 33.7 Å². The summed E-state index contributed by atoms with van der Waals surface area (Å²) in [5.41, 5.74) is 0. The topological polar surface area (TPSA) is 6.48 Å². The van der Waals surface area contributed by atoms with Crippen LogP contribution in [0.1, 0.15) is 20.8 Å². The molecule has 0 heterocycles. The predicted molar refractivity (Wildman–Crippen MR) is 50.9 cm³/mol. The fraction of sp³-hybridized carbons (Fsp3) is 1.00. The normalized spacial score (nSPS) is 14.5. The van der Waals surface area contributed by atoms with Crippen molar-refractivity contribution in [3.8, 4) is 0 Å². The molecule has 0 radical (unpaired) electrons. The lowest BCUT2D eigenvalue weighted by atomic mass is 10.2. The van der Waals surface area contributed by atoms with E-state index < -0.39 is 0 Å². The van der Waals surface area contributed by atoms with E-state index in [1.165, 1.54) is 0 Å². The Balaban J connectivity index is 3.68. The molecule has 2 heteroatoms. The van der Waals surface area contributed by atoms with Crippen molar-refractivity contribution in [1.29, 1.82) is 0 Å². The minimum absolute atomic E-state index is 0.681. The number of nitrogens with zero attached hydrogens (tertiary/aromatic N) is 2. The maximum absolute atomic E-state index is 2.47. The minimum Gasteiger partial charge on any atom is -0.308 e. The maximum Gasteiger partial charge on any atom is 0.0194 e. The summed E-state index contributed by atoms with van der Waals surface area (Å²) in [7, 11) is 4.25. The molecule has 0 spiro atoms. The van der Waals surface area contributed by atoms with E-state index in [1.807, 2.05) is 0 Å². The fourth-order valence-electron chi connectivity index (χ4n) is 1.49. The first kappa shape index (κ1) is 10.9. The number of hydrogen-bond acceptors (Lipinski definition) is 2. The zero-order valence-corrected chi connectivity index (χ0v) is 8.59. The molecule has 0 rings (SSSR count). The molecule has 0 aliphatic carbocycles. The van der Waals surface area contributed by atoms with Gasteiger partial charge < -0.3 is 4.90 Å². The number of likely N-dealkylation sites (N-methyl/N-ethyl adjacent to an activating group) is 2. The smallest absolute Gasteiger partial charge is 0.0194 e. The highest BCUT2D eigenvalue weighted by molar-refractivity contribution is 4.66. The second kappa shape index (κ2) is 5.56. The van der Waals surface area contributed by atoms with Crippen molar-refractivity contribution in [2.24, 2.45) is 0 Å². The van der Waals surface area contributed by atoms with Crippen LogP contribution in [-0.4, -0.2) is 49.6 Å². The Labute approximate surface area is 71.2 Å². The van der Waals surface area contributed by atoms with E-state index in [4.69, 9.17) is 0 Å². The van der Waals surface area contributed by atoms with Gasteiger partial charge in [0.1, 0.15) is 0 Å². The molecule has 0 amide bonds. The Bertz CT molecular complexity index is 87.6. The van der Waals surface area contributed by atoms with Crippen LogP contribution < -0.4 is 0 Å². The number of rotatable bonds is 5. The molecule has 0 N–H and O–H groups in total. The van der Waals surface area contributed by atoms with E-state index in [9.17, 15) is 0 Å². The third-order valence-electron chi connectivity index (χ3n) is 2.07. The van der Waals surface area contributed by atoms with Crippen LogP contribution in [-0.2, 0) is 0 Å². The average Bonchev–Trinajstić information content (AvgIpc) is 1.88. The van der Waals surface area contributed by atoms with Gasteiger partial charge in [-0.2, -0.15) is 0 Å². The second-order valence-electron chi connectivity index (χ2n) is 3.33. The Morgan fingerprint density at radius 1 is 1.09 bits per heavy atom. The van der Waals surface area contributed by atoms with Crippen molar-refractivity contribution in [2.45, 2.75) is 26.8 Å². The van der Waals surface area contributed by atoms with Crippen LogP contribution in [0.2, 0.25) is 0 Å². The summed E-state index contributed by atoms with van der Waals surface area (Å²) < 4.78 is 0. The summed E-state index contributed by atoms with van der Waals surface area (Å²) in [5.74, 6) is 0. The van der Waals surface area contributed by atoms with E-state index >= 15 is 0 Å². The van der Waals surface area contributed by atoms with Gasteiger partial charge in [0.25, 0.3) is 0 Å². The predicted octanol–water partition coefficient (Wildman–Crippen LogP) is 1.28. The first-order valence-corrected chi connectivity index (χ1v) is 4.50. The van der Waals surface area contributed by atoms with E-state index in [-0.39, 0.29) is 0 Å². The molecule has 0 aromatic rings. The molecule has 68 valence electrons. The molecule has 0 fully saturated rings. The van der Waals surface area contributed by atoms with Crippen LogP contribution >= 0.6 is 0 Å². The first-order chi connectivity index (χ1) is 5.11. The van der Waals surface area contributed by atoms with Crippen LogP contribution in [0.5, 0.6) is 0 Å². The SMILES string of the molecule is CCN(CC)C(C)CN(C)C. The molecule has 0 aromatic heterocycles. The molecule has 0 aliphatic heterocycles. The van der Waals surface area contributed by atoms with Crippen LogP contribution in [0.4, 0.5) is 0 Å². The van der Waals surface area contributed by atoms with Crippen LogP contribution in [0, 0.1) is 0 Å². The highest BCUT2D eigenvalue weighted by Gasteiger charge is 2.09. The highest BCUT2D eigenvalue weighted by atomic mass is 15.2.